The second-order valence-electron chi connectivity index (χ2n) is 5.24. The first-order valence-corrected chi connectivity index (χ1v) is 7.06. The predicted octanol–water partition coefficient (Wildman–Crippen LogP) is 0.796. The smallest absolute Gasteiger partial charge is 0.326 e. The first-order valence-electron chi connectivity index (χ1n) is 7.06. The summed E-state index contributed by atoms with van der Waals surface area (Å²) in [6, 6.07) is 4.04. The summed E-state index contributed by atoms with van der Waals surface area (Å²) in [5, 5.41) is 18.1. The van der Waals surface area contributed by atoms with E-state index < -0.39 is 18.0 Å². The van der Waals surface area contributed by atoms with Crippen LogP contribution in [0.5, 0.6) is 5.75 Å². The van der Waals surface area contributed by atoms with E-state index in [0.29, 0.717) is 17.1 Å². The zero-order valence-electron chi connectivity index (χ0n) is 12.9. The Morgan fingerprint density at radius 2 is 2.09 bits per heavy atom. The van der Waals surface area contributed by atoms with E-state index in [-0.39, 0.29) is 25.5 Å². The number of hydrogen-bond donors (Lipinski definition) is 2. The number of amides is 1. The summed E-state index contributed by atoms with van der Waals surface area (Å²) in [7, 11) is 1.63. The van der Waals surface area contributed by atoms with Crippen molar-refractivity contribution in [1.29, 1.82) is 0 Å². The molecule has 1 aromatic carbocycles. The van der Waals surface area contributed by atoms with Gasteiger partial charge < -0.3 is 24.7 Å². The van der Waals surface area contributed by atoms with Gasteiger partial charge in [-0.15, -0.1) is 0 Å². The fourth-order valence-corrected chi connectivity index (χ4v) is 2.34. The molecule has 8 heteroatoms. The highest BCUT2D eigenvalue weighted by molar-refractivity contribution is 5.97. The lowest BCUT2D eigenvalue weighted by atomic mass is 10.1. The van der Waals surface area contributed by atoms with Gasteiger partial charge in [0, 0.05) is 25.3 Å². The van der Waals surface area contributed by atoms with Crippen LogP contribution in [0.2, 0.25) is 0 Å². The highest BCUT2D eigenvalue weighted by atomic mass is 16.5. The van der Waals surface area contributed by atoms with Crippen LogP contribution in [0, 0.1) is 0 Å². The lowest BCUT2D eigenvalue weighted by Crippen LogP contribution is -2.40. The molecule has 1 atom stereocenters. The van der Waals surface area contributed by atoms with E-state index in [0.717, 1.165) is 0 Å². The molecule has 0 radical (unpaired) electrons. The van der Waals surface area contributed by atoms with Gasteiger partial charge in [0.15, 0.2) is 6.61 Å². The number of ether oxygens (including phenoxy) is 1. The fourth-order valence-electron chi connectivity index (χ4n) is 2.34. The van der Waals surface area contributed by atoms with Crippen LogP contribution in [-0.4, -0.2) is 54.3 Å². The molecule has 0 fully saturated rings. The lowest BCUT2D eigenvalue weighted by Gasteiger charge is -2.31. The minimum absolute atomic E-state index is 0.0519. The van der Waals surface area contributed by atoms with E-state index in [2.05, 4.69) is 0 Å². The largest absolute Gasteiger partial charge is 0.481 e. The second kappa shape index (κ2) is 6.55. The summed E-state index contributed by atoms with van der Waals surface area (Å²) < 4.78 is 5.38. The Balaban J connectivity index is 2.33. The van der Waals surface area contributed by atoms with Gasteiger partial charge in [-0.1, -0.05) is 0 Å². The molecule has 0 bridgehead atoms. The molecule has 2 N–H and O–H groups in total. The van der Waals surface area contributed by atoms with Crippen molar-refractivity contribution >= 4 is 29.2 Å². The van der Waals surface area contributed by atoms with E-state index in [1.807, 2.05) is 0 Å². The topological polar surface area (TPSA) is 107 Å². The van der Waals surface area contributed by atoms with Crippen molar-refractivity contribution in [2.45, 2.75) is 19.4 Å². The summed E-state index contributed by atoms with van der Waals surface area (Å²) in [5.41, 5.74) is 1.12. The van der Waals surface area contributed by atoms with Crippen LogP contribution in [0.15, 0.2) is 18.2 Å². The van der Waals surface area contributed by atoms with E-state index in [9.17, 15) is 19.5 Å². The lowest BCUT2D eigenvalue weighted by molar-refractivity contribution is -0.139. The molecule has 0 spiro atoms. The fraction of sp³-hybridized carbons (Fsp3) is 0.400. The summed E-state index contributed by atoms with van der Waals surface area (Å²) in [4.78, 5) is 36.6. The van der Waals surface area contributed by atoms with E-state index in [4.69, 9.17) is 9.84 Å². The minimum atomic E-state index is -1.05. The molecule has 1 aliphatic heterocycles. The summed E-state index contributed by atoms with van der Waals surface area (Å²) in [6.45, 7) is 1.45. The van der Waals surface area contributed by atoms with Gasteiger partial charge in [-0.2, -0.15) is 0 Å². The normalized spacial score (nSPS) is 14.7. The molecule has 1 heterocycles. The molecule has 2 rings (SSSR count). The van der Waals surface area contributed by atoms with Crippen molar-refractivity contribution in [3.05, 3.63) is 18.2 Å². The van der Waals surface area contributed by atoms with Gasteiger partial charge in [0.2, 0.25) is 0 Å². The number of rotatable bonds is 6. The molecule has 1 unspecified atom stereocenters. The van der Waals surface area contributed by atoms with Crippen molar-refractivity contribution in [2.24, 2.45) is 0 Å². The van der Waals surface area contributed by atoms with Crippen molar-refractivity contribution in [2.75, 3.05) is 30.0 Å². The first-order chi connectivity index (χ1) is 10.8. The zero-order chi connectivity index (χ0) is 17.1. The summed E-state index contributed by atoms with van der Waals surface area (Å²) in [6.07, 6.45) is -0.187. The van der Waals surface area contributed by atoms with Crippen LogP contribution in [0.25, 0.3) is 0 Å². The average Bonchev–Trinajstić information content (AvgIpc) is 2.50. The molecule has 1 amide bonds. The van der Waals surface area contributed by atoms with Crippen molar-refractivity contribution < 1.29 is 29.3 Å². The molecule has 1 aromatic rings. The first kappa shape index (κ1) is 16.6. The molecular formula is C15H18N2O6. The minimum Gasteiger partial charge on any atom is -0.481 e. The van der Waals surface area contributed by atoms with Crippen LogP contribution >= 0.6 is 0 Å². The molecule has 0 aliphatic carbocycles. The molecular weight excluding hydrogens is 304 g/mol. The van der Waals surface area contributed by atoms with Gasteiger partial charge in [0.1, 0.15) is 11.8 Å². The molecule has 23 heavy (non-hydrogen) atoms. The molecule has 0 saturated heterocycles. The Hall–Kier alpha value is -2.77. The Morgan fingerprint density at radius 1 is 1.39 bits per heavy atom. The van der Waals surface area contributed by atoms with Crippen molar-refractivity contribution in [3.63, 3.8) is 0 Å². The third-order valence-corrected chi connectivity index (χ3v) is 3.75. The van der Waals surface area contributed by atoms with Crippen LogP contribution in [-0.2, 0) is 14.4 Å². The van der Waals surface area contributed by atoms with Gasteiger partial charge in [0.05, 0.1) is 12.1 Å². The van der Waals surface area contributed by atoms with Gasteiger partial charge in [0.25, 0.3) is 5.91 Å². The van der Waals surface area contributed by atoms with Crippen LogP contribution < -0.4 is 14.5 Å². The van der Waals surface area contributed by atoms with E-state index in [1.165, 1.54) is 16.7 Å². The van der Waals surface area contributed by atoms with Crippen LogP contribution in [0.3, 0.4) is 0 Å². The number of likely N-dealkylation sites (N-methyl/N-ethyl adjacent to an activating group) is 1. The standard InChI is InChI=1S/C15H18N2O6/c1-9(15(21)22)17(6-5-14(19)20)10-3-4-11-12(7-10)23-8-13(18)16(11)2/h3-4,7,9H,5-6,8H2,1-2H3,(H,19,20)(H,21,22). The maximum atomic E-state index is 11.6. The molecule has 1 aliphatic rings. The number of carboxylic acids is 2. The van der Waals surface area contributed by atoms with Crippen molar-refractivity contribution in [3.8, 4) is 5.75 Å². The molecule has 124 valence electrons. The number of carboxylic acid groups (broad SMARTS) is 2. The SMILES string of the molecule is CC(C(=O)O)N(CCC(=O)O)c1ccc2c(c1)OCC(=O)N2C. The Morgan fingerprint density at radius 3 is 2.70 bits per heavy atom. The third kappa shape index (κ3) is 3.53. The van der Waals surface area contributed by atoms with Gasteiger partial charge in [-0.3, -0.25) is 9.59 Å². The second-order valence-corrected chi connectivity index (χ2v) is 5.24. The van der Waals surface area contributed by atoms with Crippen LogP contribution in [0.1, 0.15) is 13.3 Å². The number of benzene rings is 1. The maximum absolute atomic E-state index is 11.6. The predicted molar refractivity (Wildman–Crippen MR) is 82.0 cm³/mol. The zero-order valence-corrected chi connectivity index (χ0v) is 12.9. The van der Waals surface area contributed by atoms with E-state index >= 15 is 0 Å². The number of aliphatic carboxylic acids is 2. The number of fused-ring (bicyclic) bond motifs is 1. The molecule has 0 saturated carbocycles. The Kier molecular flexibility index (Phi) is 4.73. The number of hydrogen-bond acceptors (Lipinski definition) is 5. The Bertz CT molecular complexity index is 645. The maximum Gasteiger partial charge on any atom is 0.326 e. The number of nitrogens with zero attached hydrogens (tertiary/aromatic N) is 2. The van der Waals surface area contributed by atoms with Gasteiger partial charge in [-0.05, 0) is 19.1 Å². The quantitative estimate of drug-likeness (QED) is 0.797. The van der Waals surface area contributed by atoms with Gasteiger partial charge in [-0.25, -0.2) is 4.79 Å². The number of carbonyl (C=O) groups excluding carboxylic acids is 1. The molecule has 8 nitrogen and oxygen atoms in total. The van der Waals surface area contributed by atoms with Gasteiger partial charge >= 0.3 is 11.9 Å². The summed E-state index contributed by atoms with van der Waals surface area (Å²) in [5.74, 6) is -1.78. The van der Waals surface area contributed by atoms with Crippen LogP contribution in [0.4, 0.5) is 11.4 Å². The average molecular weight is 322 g/mol. The van der Waals surface area contributed by atoms with E-state index in [1.54, 1.807) is 25.2 Å². The third-order valence-electron chi connectivity index (χ3n) is 3.75. The molecule has 0 aromatic heterocycles. The number of carbonyl (C=O) groups is 3. The highest BCUT2D eigenvalue weighted by Gasteiger charge is 2.26. The summed E-state index contributed by atoms with van der Waals surface area (Å²) >= 11 is 0. The number of anilines is 2. The monoisotopic (exact) mass is 322 g/mol. The highest BCUT2D eigenvalue weighted by Crippen LogP contribution is 2.35. The Labute approximate surface area is 132 Å². The van der Waals surface area contributed by atoms with Crippen molar-refractivity contribution in [1.82, 2.24) is 0 Å².